The molecule has 4 nitrogen and oxygen atoms in total. The van der Waals surface area contributed by atoms with Gasteiger partial charge in [0.15, 0.2) is 0 Å². The fourth-order valence-electron chi connectivity index (χ4n) is 2.07. The molecule has 0 spiro atoms. The zero-order valence-electron chi connectivity index (χ0n) is 11.2. The van der Waals surface area contributed by atoms with Gasteiger partial charge in [0.1, 0.15) is 0 Å². The predicted octanol–water partition coefficient (Wildman–Crippen LogP) is 3.81. The lowest BCUT2D eigenvalue weighted by Gasteiger charge is -2.13. The Kier molecular flexibility index (Phi) is 5.23. The minimum absolute atomic E-state index is 0.0992. The summed E-state index contributed by atoms with van der Waals surface area (Å²) in [6.07, 6.45) is 2.40. The maximum Gasteiger partial charge on any atom is 0.262 e. The van der Waals surface area contributed by atoms with E-state index in [0.717, 1.165) is 0 Å². The summed E-state index contributed by atoms with van der Waals surface area (Å²) in [6, 6.07) is 2.54. The normalized spacial score (nSPS) is 16.6. The van der Waals surface area contributed by atoms with E-state index in [9.17, 15) is 13.2 Å². The van der Waals surface area contributed by atoms with Gasteiger partial charge in [-0.15, -0.1) is 0 Å². The number of hydrogen-bond acceptors (Lipinski definition) is 3. The van der Waals surface area contributed by atoms with Crippen molar-refractivity contribution in [3.63, 3.8) is 0 Å². The van der Waals surface area contributed by atoms with Crippen LogP contribution in [0.5, 0.6) is 0 Å². The van der Waals surface area contributed by atoms with Gasteiger partial charge in [0.25, 0.3) is 15.0 Å². The minimum Gasteiger partial charge on any atom is -0.352 e. The summed E-state index contributed by atoms with van der Waals surface area (Å²) in [5, 5.41) is 2.95. The maximum atomic E-state index is 12.2. The van der Waals surface area contributed by atoms with E-state index >= 15 is 0 Å². The molecule has 1 aromatic carbocycles. The van der Waals surface area contributed by atoms with Gasteiger partial charge >= 0.3 is 0 Å². The molecular weight excluding hydrogens is 401 g/mol. The lowest BCUT2D eigenvalue weighted by atomic mass is 10.1. The second kappa shape index (κ2) is 6.44. The van der Waals surface area contributed by atoms with Crippen molar-refractivity contribution in [3.8, 4) is 0 Å². The molecule has 2 rings (SSSR count). The molecule has 1 aliphatic carbocycles. The zero-order valence-corrected chi connectivity index (χ0v) is 15.1. The van der Waals surface area contributed by atoms with Gasteiger partial charge in [-0.3, -0.25) is 4.79 Å². The largest absolute Gasteiger partial charge is 0.352 e. The molecule has 0 aliphatic heterocycles. The first-order valence-electron chi connectivity index (χ1n) is 6.42. The Labute approximate surface area is 141 Å². The van der Waals surface area contributed by atoms with E-state index in [4.69, 9.17) is 22.3 Å². The number of carbonyl (C=O) groups excluding carboxylic acids is 1. The van der Waals surface area contributed by atoms with E-state index in [1.54, 1.807) is 0 Å². The molecule has 8 heteroatoms. The van der Waals surface area contributed by atoms with Gasteiger partial charge in [-0.25, -0.2) is 8.42 Å². The van der Waals surface area contributed by atoms with Gasteiger partial charge in [0.05, 0.1) is 15.5 Å². The average Bonchev–Trinajstić information content (AvgIpc) is 3.18. The van der Waals surface area contributed by atoms with Crippen LogP contribution in [0, 0.1) is 11.8 Å². The van der Waals surface area contributed by atoms with Crippen LogP contribution in [0.25, 0.3) is 0 Å². The molecule has 1 aliphatic rings. The zero-order chi connectivity index (χ0) is 15.8. The van der Waals surface area contributed by atoms with Crippen LogP contribution in [0.1, 0.15) is 30.1 Å². The van der Waals surface area contributed by atoms with Crippen molar-refractivity contribution in [2.45, 2.75) is 24.7 Å². The molecule has 0 bridgehead atoms. The Balaban J connectivity index is 2.19. The summed E-state index contributed by atoms with van der Waals surface area (Å²) in [6.45, 7) is 2.62. The van der Waals surface area contributed by atoms with Gasteiger partial charge in [-0.05, 0) is 52.7 Å². The molecule has 0 saturated heterocycles. The third-order valence-electron chi connectivity index (χ3n) is 3.54. The Morgan fingerprint density at radius 1 is 1.48 bits per heavy atom. The SMILES string of the molecule is CC(CNC(=O)c1cc(S(=O)(=O)Cl)c(Br)cc1Cl)C1CC1. The smallest absolute Gasteiger partial charge is 0.262 e. The Morgan fingerprint density at radius 2 is 2.10 bits per heavy atom. The maximum absolute atomic E-state index is 12.2. The molecule has 1 amide bonds. The van der Waals surface area contributed by atoms with Crippen molar-refractivity contribution < 1.29 is 13.2 Å². The van der Waals surface area contributed by atoms with Crippen LogP contribution in [0.3, 0.4) is 0 Å². The van der Waals surface area contributed by atoms with Gasteiger partial charge in [-0.1, -0.05) is 18.5 Å². The van der Waals surface area contributed by atoms with Crippen LogP contribution in [0.15, 0.2) is 21.5 Å². The lowest BCUT2D eigenvalue weighted by Crippen LogP contribution is -2.29. The molecule has 116 valence electrons. The number of halogens is 3. The number of nitrogens with one attached hydrogen (secondary N) is 1. The molecule has 0 radical (unpaired) electrons. The van der Waals surface area contributed by atoms with Crippen LogP contribution in [-0.2, 0) is 9.05 Å². The Morgan fingerprint density at radius 3 is 2.62 bits per heavy atom. The third-order valence-corrected chi connectivity index (χ3v) is 6.13. The van der Waals surface area contributed by atoms with Crippen LogP contribution in [-0.4, -0.2) is 20.9 Å². The van der Waals surface area contributed by atoms with E-state index in [2.05, 4.69) is 28.2 Å². The van der Waals surface area contributed by atoms with E-state index in [1.165, 1.54) is 25.0 Å². The Hall–Kier alpha value is -0.300. The van der Waals surface area contributed by atoms with E-state index < -0.39 is 15.0 Å². The summed E-state index contributed by atoms with van der Waals surface area (Å²) in [7, 11) is 1.38. The van der Waals surface area contributed by atoms with Gasteiger partial charge in [0, 0.05) is 21.7 Å². The second-order valence-electron chi connectivity index (χ2n) is 5.23. The van der Waals surface area contributed by atoms with Gasteiger partial charge in [0.2, 0.25) is 0 Å². The summed E-state index contributed by atoms with van der Waals surface area (Å²) in [5.41, 5.74) is 0.0992. The van der Waals surface area contributed by atoms with Crippen LogP contribution in [0.4, 0.5) is 0 Å². The number of benzene rings is 1. The molecule has 1 aromatic rings. The predicted molar refractivity (Wildman–Crippen MR) is 86.4 cm³/mol. The van der Waals surface area contributed by atoms with Crippen molar-refractivity contribution in [1.82, 2.24) is 5.32 Å². The first-order valence-corrected chi connectivity index (χ1v) is 9.90. The van der Waals surface area contributed by atoms with Crippen molar-refractivity contribution in [2.24, 2.45) is 11.8 Å². The van der Waals surface area contributed by atoms with Crippen LogP contribution >= 0.6 is 38.2 Å². The molecule has 0 heterocycles. The highest BCUT2D eigenvalue weighted by molar-refractivity contribution is 9.10. The first kappa shape index (κ1) is 17.1. The van der Waals surface area contributed by atoms with E-state index in [0.29, 0.717) is 18.4 Å². The monoisotopic (exact) mass is 413 g/mol. The number of rotatable bonds is 5. The highest BCUT2D eigenvalue weighted by atomic mass is 79.9. The first-order chi connectivity index (χ1) is 9.70. The molecule has 1 fully saturated rings. The number of hydrogen-bond donors (Lipinski definition) is 1. The second-order valence-corrected chi connectivity index (χ2v) is 9.02. The average molecular weight is 415 g/mol. The molecule has 21 heavy (non-hydrogen) atoms. The van der Waals surface area contributed by atoms with Crippen LogP contribution < -0.4 is 5.32 Å². The summed E-state index contributed by atoms with van der Waals surface area (Å²) >= 11 is 9.08. The summed E-state index contributed by atoms with van der Waals surface area (Å²) in [4.78, 5) is 12.0. The molecule has 1 atom stereocenters. The van der Waals surface area contributed by atoms with E-state index in [1.807, 2.05) is 0 Å². The Bertz CT molecular complexity index is 674. The van der Waals surface area contributed by atoms with Crippen molar-refractivity contribution in [2.75, 3.05) is 6.54 Å². The molecule has 1 saturated carbocycles. The minimum atomic E-state index is -3.95. The summed E-state index contributed by atoms with van der Waals surface area (Å²) in [5.74, 6) is 0.672. The summed E-state index contributed by atoms with van der Waals surface area (Å²) < 4.78 is 23.2. The standard InChI is InChI=1S/C13H14BrCl2NO3S/c1-7(8-2-3-8)6-17-13(18)9-4-12(21(16,19)20)10(14)5-11(9)15/h4-5,7-8H,2-3,6H2,1H3,(H,17,18). The van der Waals surface area contributed by atoms with Crippen molar-refractivity contribution >= 4 is 53.2 Å². The molecule has 1 unspecified atom stereocenters. The van der Waals surface area contributed by atoms with Crippen molar-refractivity contribution in [1.29, 1.82) is 0 Å². The highest BCUT2D eigenvalue weighted by Crippen LogP contribution is 2.36. The fourth-order valence-corrected chi connectivity index (χ4v) is 4.65. The fraction of sp³-hybridized carbons (Fsp3) is 0.462. The van der Waals surface area contributed by atoms with Gasteiger partial charge in [-0.2, -0.15) is 0 Å². The highest BCUT2D eigenvalue weighted by Gasteiger charge is 2.28. The topological polar surface area (TPSA) is 63.2 Å². The van der Waals surface area contributed by atoms with Crippen LogP contribution in [0.2, 0.25) is 5.02 Å². The molecule has 1 N–H and O–H groups in total. The van der Waals surface area contributed by atoms with Gasteiger partial charge < -0.3 is 5.32 Å². The third kappa shape index (κ3) is 4.34. The number of amides is 1. The lowest BCUT2D eigenvalue weighted by molar-refractivity contribution is 0.0946. The molecular formula is C13H14BrCl2NO3S. The van der Waals surface area contributed by atoms with Crippen molar-refractivity contribution in [3.05, 3.63) is 27.2 Å². The quantitative estimate of drug-likeness (QED) is 0.745. The number of carbonyl (C=O) groups is 1. The molecule has 0 aromatic heterocycles. The van der Waals surface area contributed by atoms with E-state index in [-0.39, 0.29) is 20.0 Å².